The minimum Gasteiger partial charge on any atom is -0.353 e. The van der Waals surface area contributed by atoms with Crippen LogP contribution in [0.1, 0.15) is 57.8 Å². The summed E-state index contributed by atoms with van der Waals surface area (Å²) in [4.78, 5) is 11.9. The Labute approximate surface area is 146 Å². The average molecular weight is 368 g/mol. The van der Waals surface area contributed by atoms with Crippen molar-refractivity contribution in [1.29, 1.82) is 0 Å². The number of sulfonamides is 1. The molecule has 23 heavy (non-hydrogen) atoms. The van der Waals surface area contributed by atoms with Crippen LogP contribution in [0.15, 0.2) is 0 Å². The summed E-state index contributed by atoms with van der Waals surface area (Å²) in [6, 6.07) is 0.127. The van der Waals surface area contributed by atoms with Crippen LogP contribution in [0.2, 0.25) is 0 Å². The Morgan fingerprint density at radius 1 is 1.04 bits per heavy atom. The molecule has 0 aromatic carbocycles. The third-order valence-corrected chi connectivity index (χ3v) is 6.88. The zero-order valence-electron chi connectivity index (χ0n) is 13.7. The van der Waals surface area contributed by atoms with Crippen molar-refractivity contribution in [1.82, 2.24) is 9.62 Å². The zero-order chi connectivity index (χ0) is 16.0. The molecule has 8 heteroatoms. The molecule has 0 bridgehead atoms. The van der Waals surface area contributed by atoms with Crippen molar-refractivity contribution in [3.8, 4) is 0 Å². The molecule has 0 aromatic heterocycles. The summed E-state index contributed by atoms with van der Waals surface area (Å²) < 4.78 is 25.9. The maximum atomic E-state index is 12.1. The van der Waals surface area contributed by atoms with Gasteiger partial charge in [-0.15, -0.1) is 12.4 Å². The van der Waals surface area contributed by atoms with Gasteiger partial charge >= 0.3 is 0 Å². The van der Waals surface area contributed by atoms with Gasteiger partial charge in [0.15, 0.2) is 0 Å². The topological polar surface area (TPSA) is 92.5 Å². The smallest absolute Gasteiger partial charge is 0.220 e. The molecular weight excluding hydrogens is 338 g/mol. The molecule has 0 unspecified atom stereocenters. The zero-order valence-corrected chi connectivity index (χ0v) is 15.3. The standard InChI is InChI=1S/C15H29N3O3S.ClH/c16-10-4-2-1-3-5-15(19)17-13-8-11-18(12-9-13)22(20,21)14-6-7-14;/h13-14H,1-12,16H2,(H,17,19);1H. The lowest BCUT2D eigenvalue weighted by molar-refractivity contribution is -0.122. The van der Waals surface area contributed by atoms with Gasteiger partial charge in [-0.25, -0.2) is 12.7 Å². The molecule has 1 aliphatic carbocycles. The maximum absolute atomic E-state index is 12.1. The monoisotopic (exact) mass is 367 g/mol. The second-order valence-electron chi connectivity index (χ2n) is 6.44. The minimum absolute atomic E-state index is 0. The Morgan fingerprint density at radius 2 is 1.65 bits per heavy atom. The van der Waals surface area contributed by atoms with E-state index in [-0.39, 0.29) is 29.6 Å². The molecule has 1 heterocycles. The Balaban J connectivity index is 0.00000264. The molecule has 0 atom stereocenters. The molecule has 0 radical (unpaired) electrons. The predicted octanol–water partition coefficient (Wildman–Crippen LogP) is 1.39. The fraction of sp³-hybridized carbons (Fsp3) is 0.933. The number of nitrogens with two attached hydrogens (primary N) is 1. The van der Waals surface area contributed by atoms with Crippen LogP contribution in [-0.4, -0.2) is 49.6 Å². The Hall–Kier alpha value is -0.370. The van der Waals surface area contributed by atoms with E-state index in [9.17, 15) is 13.2 Å². The van der Waals surface area contributed by atoms with Gasteiger partial charge in [0.25, 0.3) is 0 Å². The summed E-state index contributed by atoms with van der Waals surface area (Å²) in [5.74, 6) is 0.0937. The van der Waals surface area contributed by atoms with Crippen molar-refractivity contribution < 1.29 is 13.2 Å². The van der Waals surface area contributed by atoms with Gasteiger partial charge in [-0.1, -0.05) is 12.8 Å². The maximum Gasteiger partial charge on any atom is 0.220 e. The van der Waals surface area contributed by atoms with Gasteiger partial charge < -0.3 is 11.1 Å². The number of rotatable bonds is 9. The molecule has 136 valence electrons. The lowest BCUT2D eigenvalue weighted by Crippen LogP contribution is -2.47. The van der Waals surface area contributed by atoms with Gasteiger partial charge in [0, 0.05) is 25.6 Å². The molecular formula is C15H30ClN3O3S. The Kier molecular flexibility index (Phi) is 8.82. The number of carbonyl (C=O) groups excluding carboxylic acids is 1. The highest BCUT2D eigenvalue weighted by Crippen LogP contribution is 2.32. The number of amides is 1. The quantitative estimate of drug-likeness (QED) is 0.602. The largest absolute Gasteiger partial charge is 0.353 e. The van der Waals surface area contributed by atoms with E-state index < -0.39 is 10.0 Å². The molecule has 2 aliphatic rings. The number of carbonyl (C=O) groups is 1. The van der Waals surface area contributed by atoms with Crippen LogP contribution < -0.4 is 11.1 Å². The van der Waals surface area contributed by atoms with Crippen LogP contribution >= 0.6 is 12.4 Å². The summed E-state index contributed by atoms with van der Waals surface area (Å²) in [6.07, 6.45) is 7.69. The van der Waals surface area contributed by atoms with E-state index >= 15 is 0 Å². The summed E-state index contributed by atoms with van der Waals surface area (Å²) in [6.45, 7) is 1.80. The highest BCUT2D eigenvalue weighted by atomic mass is 35.5. The number of piperidine rings is 1. The highest BCUT2D eigenvalue weighted by Gasteiger charge is 2.41. The van der Waals surface area contributed by atoms with Crippen LogP contribution in [0.5, 0.6) is 0 Å². The fourth-order valence-corrected chi connectivity index (χ4v) is 4.79. The van der Waals surface area contributed by atoms with Gasteiger partial charge in [0.2, 0.25) is 15.9 Å². The van der Waals surface area contributed by atoms with E-state index in [0.717, 1.165) is 51.4 Å². The number of unbranched alkanes of at least 4 members (excludes halogenated alkanes) is 3. The van der Waals surface area contributed by atoms with Crippen molar-refractivity contribution in [3.05, 3.63) is 0 Å². The third kappa shape index (κ3) is 6.57. The first-order valence-electron chi connectivity index (χ1n) is 8.52. The fourth-order valence-electron chi connectivity index (χ4n) is 2.91. The lowest BCUT2D eigenvalue weighted by Gasteiger charge is -2.31. The molecule has 1 amide bonds. The predicted molar refractivity (Wildman–Crippen MR) is 94.1 cm³/mol. The lowest BCUT2D eigenvalue weighted by atomic mass is 10.1. The molecule has 1 aliphatic heterocycles. The summed E-state index contributed by atoms with van der Waals surface area (Å²) in [5, 5.41) is 2.91. The first-order chi connectivity index (χ1) is 10.5. The Bertz CT molecular complexity index is 461. The minimum atomic E-state index is -3.05. The van der Waals surface area contributed by atoms with Crippen LogP contribution in [0.4, 0.5) is 0 Å². The van der Waals surface area contributed by atoms with Gasteiger partial charge in [0.05, 0.1) is 5.25 Å². The van der Waals surface area contributed by atoms with Crippen molar-refractivity contribution in [2.24, 2.45) is 5.73 Å². The van der Waals surface area contributed by atoms with Crippen molar-refractivity contribution in [2.75, 3.05) is 19.6 Å². The second-order valence-corrected chi connectivity index (χ2v) is 8.65. The molecule has 1 saturated carbocycles. The number of hydrogen-bond donors (Lipinski definition) is 2. The highest BCUT2D eigenvalue weighted by molar-refractivity contribution is 7.90. The van der Waals surface area contributed by atoms with E-state index in [1.54, 1.807) is 4.31 Å². The van der Waals surface area contributed by atoms with Crippen molar-refractivity contribution in [3.63, 3.8) is 0 Å². The number of hydrogen-bond acceptors (Lipinski definition) is 4. The van der Waals surface area contributed by atoms with E-state index in [4.69, 9.17) is 5.73 Å². The van der Waals surface area contributed by atoms with Crippen LogP contribution in [0.3, 0.4) is 0 Å². The molecule has 2 rings (SSSR count). The average Bonchev–Trinajstić information content (AvgIpc) is 3.33. The van der Waals surface area contributed by atoms with Crippen LogP contribution in [0, 0.1) is 0 Å². The first-order valence-corrected chi connectivity index (χ1v) is 10.0. The molecule has 0 spiro atoms. The third-order valence-electron chi connectivity index (χ3n) is 4.48. The van der Waals surface area contributed by atoms with E-state index in [1.807, 2.05) is 0 Å². The first kappa shape index (κ1) is 20.7. The molecule has 6 nitrogen and oxygen atoms in total. The van der Waals surface area contributed by atoms with Crippen molar-refractivity contribution >= 4 is 28.3 Å². The van der Waals surface area contributed by atoms with Gasteiger partial charge in [0.1, 0.15) is 0 Å². The number of nitrogens with one attached hydrogen (secondary N) is 1. The summed E-state index contributed by atoms with van der Waals surface area (Å²) in [7, 11) is -3.05. The van der Waals surface area contributed by atoms with Gasteiger partial charge in [-0.3, -0.25) is 4.79 Å². The second kappa shape index (κ2) is 9.81. The SMILES string of the molecule is Cl.NCCCCCCC(=O)NC1CCN(S(=O)(=O)C2CC2)CC1. The van der Waals surface area contributed by atoms with Crippen LogP contribution in [-0.2, 0) is 14.8 Å². The van der Waals surface area contributed by atoms with Gasteiger partial charge in [-0.05, 0) is 45.1 Å². The summed E-state index contributed by atoms with van der Waals surface area (Å²) >= 11 is 0. The molecule has 3 N–H and O–H groups in total. The van der Waals surface area contributed by atoms with Gasteiger partial charge in [-0.2, -0.15) is 0 Å². The van der Waals surface area contributed by atoms with E-state index in [0.29, 0.717) is 26.1 Å². The van der Waals surface area contributed by atoms with E-state index in [2.05, 4.69) is 5.32 Å². The summed E-state index contributed by atoms with van der Waals surface area (Å²) in [5.41, 5.74) is 5.43. The van der Waals surface area contributed by atoms with E-state index in [1.165, 1.54) is 0 Å². The Morgan fingerprint density at radius 3 is 2.22 bits per heavy atom. The van der Waals surface area contributed by atoms with Crippen molar-refractivity contribution in [2.45, 2.75) is 69.1 Å². The molecule has 1 saturated heterocycles. The normalized spacial score (nSPS) is 20.0. The molecule has 2 fully saturated rings. The molecule has 0 aromatic rings. The van der Waals surface area contributed by atoms with Crippen LogP contribution in [0.25, 0.3) is 0 Å². The number of halogens is 1. The number of nitrogens with zero attached hydrogens (tertiary/aromatic N) is 1.